The minimum absolute atomic E-state index is 0.0412. The van der Waals surface area contributed by atoms with Gasteiger partial charge in [-0.2, -0.15) is 0 Å². The highest BCUT2D eigenvalue weighted by molar-refractivity contribution is 7.92. The van der Waals surface area contributed by atoms with E-state index in [0.717, 1.165) is 4.31 Å². The molecule has 9 heteroatoms. The highest BCUT2D eigenvalue weighted by Gasteiger charge is 2.29. The maximum atomic E-state index is 13.3. The van der Waals surface area contributed by atoms with Gasteiger partial charge in [0.2, 0.25) is 11.8 Å². The molecule has 0 heterocycles. The van der Waals surface area contributed by atoms with Crippen LogP contribution < -0.4 is 20.1 Å². The molecule has 0 unspecified atom stereocenters. The maximum Gasteiger partial charge on any atom is 0.264 e. The third-order valence-corrected chi connectivity index (χ3v) is 6.20. The molecule has 0 spiro atoms. The lowest BCUT2D eigenvalue weighted by Crippen LogP contribution is -2.38. The summed E-state index contributed by atoms with van der Waals surface area (Å²) < 4.78 is 33.0. The van der Waals surface area contributed by atoms with Gasteiger partial charge in [-0.3, -0.25) is 13.9 Å². The van der Waals surface area contributed by atoms with Crippen LogP contribution in [-0.2, 0) is 14.8 Å². The number of carbonyl (C=O) groups excluding carboxylic acids is 2. The predicted molar refractivity (Wildman–Crippen MR) is 118 cm³/mol. The first-order valence-corrected chi connectivity index (χ1v) is 10.7. The zero-order chi connectivity index (χ0) is 22.4. The van der Waals surface area contributed by atoms with Crippen molar-refractivity contribution in [3.63, 3.8) is 0 Å². The van der Waals surface area contributed by atoms with Crippen molar-refractivity contribution < 1.29 is 22.7 Å². The smallest absolute Gasteiger partial charge is 0.264 e. The first-order valence-electron chi connectivity index (χ1n) is 9.23. The summed E-state index contributed by atoms with van der Waals surface area (Å²) in [5.41, 5.74) is 6.13. The van der Waals surface area contributed by atoms with Crippen molar-refractivity contribution in [1.29, 1.82) is 0 Å². The molecular formula is C22H21N3O5S. The molecule has 31 heavy (non-hydrogen) atoms. The summed E-state index contributed by atoms with van der Waals surface area (Å²) in [4.78, 5) is 24.0. The molecule has 3 rings (SSSR count). The molecule has 8 nitrogen and oxygen atoms in total. The second-order valence-electron chi connectivity index (χ2n) is 6.49. The Morgan fingerprint density at radius 3 is 2.16 bits per heavy atom. The summed E-state index contributed by atoms with van der Waals surface area (Å²) in [6, 6.07) is 20.3. The summed E-state index contributed by atoms with van der Waals surface area (Å²) in [6.07, 6.45) is 0. The van der Waals surface area contributed by atoms with Crippen LogP contribution in [0.3, 0.4) is 0 Å². The van der Waals surface area contributed by atoms with Crippen LogP contribution >= 0.6 is 0 Å². The van der Waals surface area contributed by atoms with Gasteiger partial charge in [-0.05, 0) is 48.5 Å². The number of methoxy groups -OCH3 is 1. The molecule has 160 valence electrons. The lowest BCUT2D eigenvalue weighted by Gasteiger charge is -2.25. The van der Waals surface area contributed by atoms with E-state index in [2.05, 4.69) is 5.32 Å². The molecule has 0 aliphatic carbocycles. The van der Waals surface area contributed by atoms with Crippen LogP contribution in [0.4, 0.5) is 11.4 Å². The van der Waals surface area contributed by atoms with Gasteiger partial charge in [0.25, 0.3) is 10.0 Å². The summed E-state index contributed by atoms with van der Waals surface area (Å²) in [6.45, 7) is -0.491. The van der Waals surface area contributed by atoms with E-state index in [1.807, 2.05) is 0 Å². The number of nitrogens with two attached hydrogens (primary N) is 1. The molecular weight excluding hydrogens is 418 g/mol. The van der Waals surface area contributed by atoms with E-state index in [0.29, 0.717) is 17.0 Å². The molecule has 0 aliphatic heterocycles. The monoisotopic (exact) mass is 439 g/mol. The Labute approximate surface area is 180 Å². The number of sulfonamides is 1. The van der Waals surface area contributed by atoms with E-state index in [9.17, 15) is 18.0 Å². The predicted octanol–water partition coefficient (Wildman–Crippen LogP) is 2.63. The maximum absolute atomic E-state index is 13.3. The number of nitrogens with one attached hydrogen (secondary N) is 1. The first-order chi connectivity index (χ1) is 14.8. The quantitative estimate of drug-likeness (QED) is 0.559. The summed E-state index contributed by atoms with van der Waals surface area (Å²) in [7, 11) is -2.64. The van der Waals surface area contributed by atoms with Crippen LogP contribution in [0.2, 0.25) is 0 Å². The van der Waals surface area contributed by atoms with E-state index in [4.69, 9.17) is 10.5 Å². The lowest BCUT2D eigenvalue weighted by molar-refractivity contribution is -0.114. The number of benzene rings is 3. The van der Waals surface area contributed by atoms with Crippen LogP contribution in [0.5, 0.6) is 5.75 Å². The molecule has 3 aromatic carbocycles. The fourth-order valence-corrected chi connectivity index (χ4v) is 4.36. The van der Waals surface area contributed by atoms with E-state index in [-0.39, 0.29) is 10.6 Å². The van der Waals surface area contributed by atoms with Crippen molar-refractivity contribution in [2.24, 2.45) is 5.73 Å². The van der Waals surface area contributed by atoms with Crippen LogP contribution in [0.1, 0.15) is 10.4 Å². The Hall–Kier alpha value is -3.85. The normalized spacial score (nSPS) is 10.9. The van der Waals surface area contributed by atoms with Crippen molar-refractivity contribution >= 4 is 33.2 Å². The number of hydrogen-bond donors (Lipinski definition) is 2. The van der Waals surface area contributed by atoms with Crippen LogP contribution in [-0.4, -0.2) is 33.9 Å². The van der Waals surface area contributed by atoms with Gasteiger partial charge in [0.15, 0.2) is 0 Å². The van der Waals surface area contributed by atoms with Crippen LogP contribution in [0.15, 0.2) is 83.8 Å². The molecule has 0 aliphatic rings. The summed E-state index contributed by atoms with van der Waals surface area (Å²) in [5.74, 6) is -0.855. The minimum Gasteiger partial charge on any atom is -0.495 e. The van der Waals surface area contributed by atoms with Gasteiger partial charge < -0.3 is 15.8 Å². The molecule has 0 aromatic heterocycles. The van der Waals surface area contributed by atoms with Gasteiger partial charge >= 0.3 is 0 Å². The zero-order valence-corrected chi connectivity index (χ0v) is 17.5. The molecule has 0 saturated heterocycles. The highest BCUT2D eigenvalue weighted by atomic mass is 32.2. The number of primary amides is 1. The van der Waals surface area contributed by atoms with Crippen LogP contribution in [0, 0.1) is 0 Å². The van der Waals surface area contributed by atoms with Gasteiger partial charge in [-0.1, -0.05) is 30.3 Å². The average Bonchev–Trinajstić information content (AvgIpc) is 2.78. The summed E-state index contributed by atoms with van der Waals surface area (Å²) >= 11 is 0. The van der Waals surface area contributed by atoms with Gasteiger partial charge in [0.1, 0.15) is 12.3 Å². The molecule has 0 fully saturated rings. The molecule has 3 aromatic rings. The van der Waals surface area contributed by atoms with Gasteiger partial charge in [0.05, 0.1) is 17.7 Å². The lowest BCUT2D eigenvalue weighted by atomic mass is 10.2. The Kier molecular flexibility index (Phi) is 6.56. The van der Waals surface area contributed by atoms with Crippen molar-refractivity contribution in [3.8, 4) is 5.75 Å². The standard InChI is InChI=1S/C22H21N3O5S/c1-30-20-10-6-5-9-19(20)25(31(28,29)18-7-3-2-4-8-18)15-21(26)24-17-13-11-16(12-14-17)22(23)27/h2-14H,15H2,1H3,(H2,23,27)(H,24,26). The SMILES string of the molecule is COc1ccccc1N(CC(=O)Nc1ccc(C(N)=O)cc1)S(=O)(=O)c1ccccc1. The van der Waals surface area contributed by atoms with E-state index in [1.165, 1.54) is 43.5 Å². The number of nitrogens with zero attached hydrogens (tertiary/aromatic N) is 1. The Bertz CT molecular complexity index is 1180. The van der Waals surface area contributed by atoms with E-state index in [1.54, 1.807) is 42.5 Å². The van der Waals surface area contributed by atoms with Gasteiger partial charge in [-0.15, -0.1) is 0 Å². The zero-order valence-electron chi connectivity index (χ0n) is 16.7. The van der Waals surface area contributed by atoms with Crippen molar-refractivity contribution in [2.75, 3.05) is 23.3 Å². The number of anilines is 2. The summed E-state index contributed by atoms with van der Waals surface area (Å²) in [5, 5.41) is 2.63. The number of amides is 2. The molecule has 0 bridgehead atoms. The van der Waals surface area contributed by atoms with Gasteiger partial charge in [-0.25, -0.2) is 8.42 Å². The topological polar surface area (TPSA) is 119 Å². The molecule has 0 radical (unpaired) electrons. The fraction of sp³-hybridized carbons (Fsp3) is 0.0909. The van der Waals surface area contributed by atoms with Crippen molar-refractivity contribution in [3.05, 3.63) is 84.4 Å². The second kappa shape index (κ2) is 9.31. The third kappa shape index (κ3) is 5.01. The Morgan fingerprint density at radius 1 is 0.935 bits per heavy atom. The molecule has 0 saturated carbocycles. The van der Waals surface area contributed by atoms with E-state index >= 15 is 0 Å². The largest absolute Gasteiger partial charge is 0.495 e. The first kappa shape index (κ1) is 21.8. The fourth-order valence-electron chi connectivity index (χ4n) is 2.90. The molecule has 3 N–H and O–H groups in total. The highest BCUT2D eigenvalue weighted by Crippen LogP contribution is 2.32. The number of carbonyl (C=O) groups is 2. The number of rotatable bonds is 8. The Morgan fingerprint density at radius 2 is 1.55 bits per heavy atom. The number of ether oxygens (including phenoxy) is 1. The molecule has 0 atom stereocenters. The van der Waals surface area contributed by atoms with E-state index < -0.39 is 28.4 Å². The molecule has 2 amide bonds. The second-order valence-corrected chi connectivity index (χ2v) is 8.35. The Balaban J connectivity index is 1.93. The number of para-hydroxylation sites is 2. The number of hydrogen-bond acceptors (Lipinski definition) is 5. The van der Waals surface area contributed by atoms with Crippen molar-refractivity contribution in [1.82, 2.24) is 0 Å². The van der Waals surface area contributed by atoms with Crippen molar-refractivity contribution in [2.45, 2.75) is 4.90 Å². The van der Waals surface area contributed by atoms with Gasteiger partial charge in [0, 0.05) is 11.3 Å². The minimum atomic E-state index is -4.06. The van der Waals surface area contributed by atoms with Crippen LogP contribution in [0.25, 0.3) is 0 Å². The average molecular weight is 439 g/mol. The third-order valence-electron chi connectivity index (χ3n) is 4.43.